The van der Waals surface area contributed by atoms with Gasteiger partial charge in [-0.15, -0.1) is 11.6 Å². The molecule has 0 saturated carbocycles. The molecule has 0 aliphatic rings. The zero-order valence-electron chi connectivity index (χ0n) is 11.6. The lowest BCUT2D eigenvalue weighted by Crippen LogP contribution is -2.10. The molecule has 106 valence electrons. The molecule has 0 radical (unpaired) electrons. The molecule has 0 aliphatic heterocycles. The van der Waals surface area contributed by atoms with Gasteiger partial charge < -0.3 is 10.5 Å². The van der Waals surface area contributed by atoms with E-state index in [4.69, 9.17) is 22.1 Å². The van der Waals surface area contributed by atoms with Crippen LogP contribution in [0.5, 0.6) is 11.5 Å². The molecule has 2 N–H and O–H groups in total. The van der Waals surface area contributed by atoms with Gasteiger partial charge in [0.05, 0.1) is 0 Å². The van der Waals surface area contributed by atoms with Gasteiger partial charge in [-0.1, -0.05) is 26.0 Å². The molecule has 0 unspecified atom stereocenters. The number of carbonyl (C=O) groups excluding carboxylic acids is 1. The monoisotopic (exact) mass is 291 g/mol. The van der Waals surface area contributed by atoms with E-state index in [1.165, 1.54) is 0 Å². The molecule has 4 heteroatoms. The van der Waals surface area contributed by atoms with Crippen LogP contribution in [-0.2, 0) is 5.88 Å². The lowest BCUT2D eigenvalue weighted by Gasteiger charge is -2.07. The minimum Gasteiger partial charge on any atom is -0.457 e. The Kier molecular flexibility index (Phi) is 6.60. The first-order valence-corrected chi connectivity index (χ1v) is 6.95. The number of primary amides is 1. The molecule has 0 aliphatic carbocycles. The highest BCUT2D eigenvalue weighted by Gasteiger charge is 2.02. The highest BCUT2D eigenvalue weighted by Crippen LogP contribution is 2.23. The van der Waals surface area contributed by atoms with Crippen LogP contribution in [0.1, 0.15) is 29.8 Å². The standard InChI is InChI=1S/C14H12ClNO2.C2H6/c15-9-10-2-1-3-13(8-10)18-12-6-4-11(5-7-12)14(16)17;1-2/h1-8H,9H2,(H2,16,17);1-2H3. The molecule has 20 heavy (non-hydrogen) atoms. The molecule has 2 rings (SSSR count). The Morgan fingerprint density at radius 3 is 2.30 bits per heavy atom. The second-order valence-corrected chi connectivity index (χ2v) is 4.04. The molecule has 0 heterocycles. The third kappa shape index (κ3) is 4.59. The molecule has 2 aromatic rings. The molecular weight excluding hydrogens is 274 g/mol. The first kappa shape index (κ1) is 16.1. The number of alkyl halides is 1. The van der Waals surface area contributed by atoms with Gasteiger partial charge in [-0.3, -0.25) is 4.79 Å². The summed E-state index contributed by atoms with van der Waals surface area (Å²) in [5.41, 5.74) is 6.60. The fraction of sp³-hybridized carbons (Fsp3) is 0.188. The number of hydrogen-bond donors (Lipinski definition) is 1. The lowest BCUT2D eigenvalue weighted by atomic mass is 10.2. The van der Waals surface area contributed by atoms with Crippen molar-refractivity contribution in [3.8, 4) is 11.5 Å². The van der Waals surface area contributed by atoms with Crippen molar-refractivity contribution in [1.29, 1.82) is 0 Å². The van der Waals surface area contributed by atoms with Crippen LogP contribution in [0.25, 0.3) is 0 Å². The van der Waals surface area contributed by atoms with Crippen molar-refractivity contribution < 1.29 is 9.53 Å². The van der Waals surface area contributed by atoms with E-state index >= 15 is 0 Å². The predicted octanol–water partition coefficient (Wildman–Crippen LogP) is 4.34. The molecular formula is C16H18ClNO2. The third-order valence-corrected chi connectivity index (χ3v) is 2.74. The number of rotatable bonds is 4. The van der Waals surface area contributed by atoms with Gasteiger partial charge in [0.25, 0.3) is 0 Å². The normalized spacial score (nSPS) is 9.35. The van der Waals surface area contributed by atoms with E-state index in [9.17, 15) is 4.79 Å². The Hall–Kier alpha value is -2.00. The van der Waals surface area contributed by atoms with Crippen molar-refractivity contribution in [3.63, 3.8) is 0 Å². The van der Waals surface area contributed by atoms with Crippen LogP contribution in [0.2, 0.25) is 0 Å². The van der Waals surface area contributed by atoms with Crippen molar-refractivity contribution in [2.75, 3.05) is 0 Å². The van der Waals surface area contributed by atoms with E-state index in [0.717, 1.165) is 5.56 Å². The number of benzene rings is 2. The van der Waals surface area contributed by atoms with E-state index in [0.29, 0.717) is 22.9 Å². The first-order valence-electron chi connectivity index (χ1n) is 6.41. The second-order valence-electron chi connectivity index (χ2n) is 3.77. The average Bonchev–Trinajstić information content (AvgIpc) is 2.50. The van der Waals surface area contributed by atoms with E-state index in [1.807, 2.05) is 38.1 Å². The summed E-state index contributed by atoms with van der Waals surface area (Å²) in [5, 5.41) is 0. The van der Waals surface area contributed by atoms with Crippen LogP contribution < -0.4 is 10.5 Å². The second kappa shape index (κ2) is 8.23. The maximum Gasteiger partial charge on any atom is 0.248 e. The van der Waals surface area contributed by atoms with Crippen molar-refractivity contribution in [1.82, 2.24) is 0 Å². The largest absolute Gasteiger partial charge is 0.457 e. The van der Waals surface area contributed by atoms with Crippen LogP contribution in [0.15, 0.2) is 48.5 Å². The predicted molar refractivity (Wildman–Crippen MR) is 82.4 cm³/mol. The minimum atomic E-state index is -0.453. The summed E-state index contributed by atoms with van der Waals surface area (Å²) in [6, 6.07) is 14.2. The Labute approximate surface area is 124 Å². The number of nitrogens with two attached hydrogens (primary N) is 1. The Morgan fingerprint density at radius 1 is 1.10 bits per heavy atom. The number of hydrogen-bond acceptors (Lipinski definition) is 2. The summed E-state index contributed by atoms with van der Waals surface area (Å²) < 4.78 is 5.64. The molecule has 0 saturated heterocycles. The number of amides is 1. The summed E-state index contributed by atoms with van der Waals surface area (Å²) in [6.45, 7) is 4.00. The quantitative estimate of drug-likeness (QED) is 0.852. The summed E-state index contributed by atoms with van der Waals surface area (Å²) >= 11 is 5.75. The molecule has 0 atom stereocenters. The smallest absolute Gasteiger partial charge is 0.248 e. The minimum absolute atomic E-state index is 0.442. The SMILES string of the molecule is CC.NC(=O)c1ccc(Oc2cccc(CCl)c2)cc1. The number of carbonyl (C=O) groups is 1. The van der Waals surface area contributed by atoms with Gasteiger partial charge in [0, 0.05) is 11.4 Å². The summed E-state index contributed by atoms with van der Waals surface area (Å²) in [7, 11) is 0. The molecule has 2 aromatic carbocycles. The summed E-state index contributed by atoms with van der Waals surface area (Å²) in [4.78, 5) is 10.9. The molecule has 0 bridgehead atoms. The van der Waals surface area contributed by atoms with Gasteiger partial charge in [0.2, 0.25) is 5.91 Å². The molecule has 3 nitrogen and oxygen atoms in total. The molecule has 0 aromatic heterocycles. The molecule has 1 amide bonds. The van der Waals surface area contributed by atoms with Crippen LogP contribution in [0.3, 0.4) is 0 Å². The van der Waals surface area contributed by atoms with E-state index in [-0.39, 0.29) is 0 Å². The third-order valence-electron chi connectivity index (χ3n) is 2.43. The maximum absolute atomic E-state index is 10.9. The van der Waals surface area contributed by atoms with E-state index in [2.05, 4.69) is 0 Å². The van der Waals surface area contributed by atoms with E-state index in [1.54, 1.807) is 24.3 Å². The molecule has 0 spiro atoms. The molecule has 0 fully saturated rings. The van der Waals surface area contributed by atoms with Crippen LogP contribution in [0, 0.1) is 0 Å². The Balaban J connectivity index is 0.000000956. The van der Waals surface area contributed by atoms with Gasteiger partial charge in [0.15, 0.2) is 0 Å². The van der Waals surface area contributed by atoms with Gasteiger partial charge in [0.1, 0.15) is 11.5 Å². The van der Waals surface area contributed by atoms with Gasteiger partial charge in [-0.2, -0.15) is 0 Å². The van der Waals surface area contributed by atoms with Gasteiger partial charge in [-0.05, 0) is 42.0 Å². The summed E-state index contributed by atoms with van der Waals surface area (Å²) in [6.07, 6.45) is 0. The van der Waals surface area contributed by atoms with Gasteiger partial charge >= 0.3 is 0 Å². The Bertz CT molecular complexity index is 553. The van der Waals surface area contributed by atoms with Crippen LogP contribution in [0.4, 0.5) is 0 Å². The van der Waals surface area contributed by atoms with Crippen molar-refractivity contribution in [2.24, 2.45) is 5.73 Å². The highest BCUT2D eigenvalue weighted by atomic mass is 35.5. The number of halogens is 1. The zero-order valence-corrected chi connectivity index (χ0v) is 12.4. The lowest BCUT2D eigenvalue weighted by molar-refractivity contribution is 0.100. The fourth-order valence-corrected chi connectivity index (χ4v) is 1.68. The van der Waals surface area contributed by atoms with Crippen molar-refractivity contribution in [3.05, 3.63) is 59.7 Å². The topological polar surface area (TPSA) is 52.3 Å². The van der Waals surface area contributed by atoms with Crippen molar-refractivity contribution in [2.45, 2.75) is 19.7 Å². The van der Waals surface area contributed by atoms with E-state index < -0.39 is 5.91 Å². The van der Waals surface area contributed by atoms with Crippen molar-refractivity contribution >= 4 is 17.5 Å². The van der Waals surface area contributed by atoms with Crippen LogP contribution >= 0.6 is 11.6 Å². The van der Waals surface area contributed by atoms with Crippen LogP contribution in [-0.4, -0.2) is 5.91 Å². The number of ether oxygens (including phenoxy) is 1. The average molecular weight is 292 g/mol. The summed E-state index contributed by atoms with van der Waals surface area (Å²) in [5.74, 6) is 1.34. The maximum atomic E-state index is 10.9. The fourth-order valence-electron chi connectivity index (χ4n) is 1.52. The Morgan fingerprint density at radius 2 is 1.75 bits per heavy atom. The highest BCUT2D eigenvalue weighted by molar-refractivity contribution is 6.17. The first-order chi connectivity index (χ1) is 9.69. The zero-order chi connectivity index (χ0) is 15.0. The van der Waals surface area contributed by atoms with Gasteiger partial charge in [-0.25, -0.2) is 0 Å².